The van der Waals surface area contributed by atoms with Gasteiger partial charge in [0.25, 0.3) is 0 Å². The minimum Gasteiger partial charge on any atom is -0.355 e. The van der Waals surface area contributed by atoms with Crippen LogP contribution in [0.3, 0.4) is 0 Å². The second-order valence-corrected chi connectivity index (χ2v) is 9.07. The van der Waals surface area contributed by atoms with E-state index in [0.717, 1.165) is 32.2 Å². The quantitative estimate of drug-likeness (QED) is 0.729. The van der Waals surface area contributed by atoms with Gasteiger partial charge in [-0.2, -0.15) is 0 Å². The number of piperidine rings is 1. The molecule has 1 saturated heterocycles. The second-order valence-electron chi connectivity index (χ2n) is 9.07. The summed E-state index contributed by atoms with van der Waals surface area (Å²) >= 11 is 0. The van der Waals surface area contributed by atoms with Crippen molar-refractivity contribution in [3.63, 3.8) is 0 Å². The van der Waals surface area contributed by atoms with Gasteiger partial charge >= 0.3 is 0 Å². The molecule has 1 N–H and O–H groups in total. The summed E-state index contributed by atoms with van der Waals surface area (Å²) in [7, 11) is 0. The molecule has 1 aromatic carbocycles. The van der Waals surface area contributed by atoms with Gasteiger partial charge in [0, 0.05) is 37.0 Å². The van der Waals surface area contributed by atoms with E-state index in [2.05, 4.69) is 35.7 Å². The van der Waals surface area contributed by atoms with Crippen LogP contribution in [0.4, 0.5) is 0 Å². The van der Waals surface area contributed by atoms with E-state index < -0.39 is 0 Å². The van der Waals surface area contributed by atoms with Gasteiger partial charge in [0.2, 0.25) is 11.8 Å². The van der Waals surface area contributed by atoms with Crippen LogP contribution in [0.2, 0.25) is 0 Å². The van der Waals surface area contributed by atoms with E-state index >= 15 is 0 Å². The van der Waals surface area contributed by atoms with Crippen molar-refractivity contribution < 1.29 is 9.59 Å². The van der Waals surface area contributed by atoms with Crippen LogP contribution in [0.1, 0.15) is 76.2 Å². The lowest BCUT2D eigenvalue weighted by Crippen LogP contribution is -2.45. The number of amides is 2. The highest BCUT2D eigenvalue weighted by molar-refractivity contribution is 5.80. The highest BCUT2D eigenvalue weighted by atomic mass is 16.2. The Morgan fingerprint density at radius 3 is 2.59 bits per heavy atom. The molecule has 1 aliphatic heterocycles. The van der Waals surface area contributed by atoms with Gasteiger partial charge in [-0.15, -0.1) is 0 Å². The van der Waals surface area contributed by atoms with Gasteiger partial charge in [-0.3, -0.25) is 9.59 Å². The number of fused-ring (bicyclic) bond motifs is 1. The van der Waals surface area contributed by atoms with Crippen molar-refractivity contribution in [3.05, 3.63) is 47.7 Å². The zero-order valence-corrected chi connectivity index (χ0v) is 17.5. The molecule has 2 fully saturated rings. The molecule has 0 spiro atoms. The van der Waals surface area contributed by atoms with E-state index in [1.54, 1.807) is 0 Å². The van der Waals surface area contributed by atoms with Crippen LogP contribution in [0.15, 0.2) is 42.1 Å². The molecule has 1 aromatic rings. The first-order chi connectivity index (χ1) is 14.2. The average molecular weight is 395 g/mol. The maximum absolute atomic E-state index is 12.7. The largest absolute Gasteiger partial charge is 0.355 e. The van der Waals surface area contributed by atoms with Crippen LogP contribution in [0.25, 0.3) is 0 Å². The fourth-order valence-corrected chi connectivity index (χ4v) is 5.30. The van der Waals surface area contributed by atoms with Gasteiger partial charge in [0.05, 0.1) is 0 Å². The standard InChI is InChI=1S/C25H34N2O2/c28-23(26-19-25(16-8-17-25)21-11-2-1-3-12-21)14-6-15-24(29)27-18-7-10-20-9-4-5-13-22(20)27/h1-3,11-13,20H,4-10,14-19H2,(H,26,28). The van der Waals surface area contributed by atoms with Crippen molar-refractivity contribution in [2.45, 2.75) is 76.0 Å². The topological polar surface area (TPSA) is 49.4 Å². The van der Waals surface area contributed by atoms with E-state index in [9.17, 15) is 9.59 Å². The van der Waals surface area contributed by atoms with E-state index in [-0.39, 0.29) is 17.2 Å². The summed E-state index contributed by atoms with van der Waals surface area (Å²) in [4.78, 5) is 27.2. The van der Waals surface area contributed by atoms with Gasteiger partial charge < -0.3 is 10.2 Å². The summed E-state index contributed by atoms with van der Waals surface area (Å²) in [5, 5.41) is 3.15. The molecule has 156 valence electrons. The average Bonchev–Trinajstić information content (AvgIpc) is 2.73. The molecule has 2 aliphatic carbocycles. The zero-order valence-electron chi connectivity index (χ0n) is 17.5. The Morgan fingerprint density at radius 1 is 1.03 bits per heavy atom. The van der Waals surface area contributed by atoms with E-state index in [0.29, 0.717) is 31.7 Å². The van der Waals surface area contributed by atoms with Crippen LogP contribution >= 0.6 is 0 Å². The summed E-state index contributed by atoms with van der Waals surface area (Å²) < 4.78 is 0. The number of benzene rings is 1. The Kier molecular flexibility index (Phi) is 6.37. The molecule has 1 heterocycles. The number of carbonyl (C=O) groups is 2. The van der Waals surface area contributed by atoms with Crippen LogP contribution in [-0.4, -0.2) is 29.8 Å². The lowest BCUT2D eigenvalue weighted by Gasteiger charge is -2.42. The molecule has 4 rings (SSSR count). The SMILES string of the molecule is O=C(CCCC(=O)N1CCCC2CCCC=C21)NCC1(c2ccccc2)CCC1. The normalized spacial score (nSPS) is 22.8. The summed E-state index contributed by atoms with van der Waals surface area (Å²) in [5.74, 6) is 0.866. The predicted molar refractivity (Wildman–Crippen MR) is 115 cm³/mol. The molecule has 0 radical (unpaired) electrons. The van der Waals surface area contributed by atoms with Crippen LogP contribution in [0, 0.1) is 5.92 Å². The van der Waals surface area contributed by atoms with Gasteiger partial charge in [0.15, 0.2) is 0 Å². The number of allylic oxidation sites excluding steroid dienone is 2. The molecule has 1 atom stereocenters. The number of likely N-dealkylation sites (tertiary alicyclic amines) is 1. The smallest absolute Gasteiger partial charge is 0.226 e. The van der Waals surface area contributed by atoms with Crippen molar-refractivity contribution in [1.29, 1.82) is 0 Å². The maximum Gasteiger partial charge on any atom is 0.226 e. The van der Waals surface area contributed by atoms with Crippen molar-refractivity contribution in [2.75, 3.05) is 13.1 Å². The highest BCUT2D eigenvalue weighted by Crippen LogP contribution is 2.43. The summed E-state index contributed by atoms with van der Waals surface area (Å²) in [5.41, 5.74) is 2.72. The third-order valence-corrected chi connectivity index (χ3v) is 7.19. The monoisotopic (exact) mass is 394 g/mol. The Hall–Kier alpha value is -2.10. The van der Waals surface area contributed by atoms with Gasteiger partial charge in [-0.05, 0) is 62.8 Å². The van der Waals surface area contributed by atoms with Crippen molar-refractivity contribution in [3.8, 4) is 0 Å². The first-order valence-corrected chi connectivity index (χ1v) is 11.5. The van der Waals surface area contributed by atoms with E-state index in [4.69, 9.17) is 0 Å². The molecule has 2 amide bonds. The molecule has 3 aliphatic rings. The first-order valence-electron chi connectivity index (χ1n) is 11.5. The second kappa shape index (κ2) is 9.15. The summed E-state index contributed by atoms with van der Waals surface area (Å²) in [6.07, 6.45) is 13.2. The fraction of sp³-hybridized carbons (Fsp3) is 0.600. The van der Waals surface area contributed by atoms with Crippen LogP contribution in [0.5, 0.6) is 0 Å². The molecule has 0 bridgehead atoms. The van der Waals surface area contributed by atoms with Crippen LogP contribution < -0.4 is 5.32 Å². The Morgan fingerprint density at radius 2 is 1.83 bits per heavy atom. The summed E-state index contributed by atoms with van der Waals surface area (Å²) in [6, 6.07) is 10.6. The lowest BCUT2D eigenvalue weighted by molar-refractivity contribution is -0.130. The Labute approximate surface area is 174 Å². The third kappa shape index (κ3) is 4.57. The molecule has 29 heavy (non-hydrogen) atoms. The fourth-order valence-electron chi connectivity index (χ4n) is 5.30. The molecule has 4 nitrogen and oxygen atoms in total. The number of rotatable bonds is 7. The maximum atomic E-state index is 12.7. The number of hydrogen-bond acceptors (Lipinski definition) is 2. The first kappa shape index (κ1) is 20.2. The molecule has 0 aromatic heterocycles. The predicted octanol–water partition coefficient (Wildman–Crippen LogP) is 4.70. The number of carbonyl (C=O) groups excluding carboxylic acids is 2. The lowest BCUT2D eigenvalue weighted by atomic mass is 9.64. The Balaban J connectivity index is 1.22. The molecule has 1 saturated carbocycles. The Bertz CT molecular complexity index is 751. The number of nitrogens with zero attached hydrogens (tertiary/aromatic N) is 1. The molecule has 4 heteroatoms. The summed E-state index contributed by atoms with van der Waals surface area (Å²) in [6.45, 7) is 1.57. The zero-order chi connectivity index (χ0) is 20.1. The molecular weight excluding hydrogens is 360 g/mol. The van der Waals surface area contributed by atoms with E-state index in [1.807, 2.05) is 11.0 Å². The highest BCUT2D eigenvalue weighted by Gasteiger charge is 2.38. The van der Waals surface area contributed by atoms with Crippen molar-refractivity contribution in [1.82, 2.24) is 10.2 Å². The van der Waals surface area contributed by atoms with Crippen molar-refractivity contribution >= 4 is 11.8 Å². The van der Waals surface area contributed by atoms with Crippen LogP contribution in [-0.2, 0) is 15.0 Å². The minimum atomic E-state index is 0.0772. The number of hydrogen-bond donors (Lipinski definition) is 1. The van der Waals surface area contributed by atoms with E-state index in [1.165, 1.54) is 36.9 Å². The molecule has 1 unspecified atom stereocenters. The van der Waals surface area contributed by atoms with Gasteiger partial charge in [0.1, 0.15) is 0 Å². The number of nitrogens with one attached hydrogen (secondary N) is 1. The van der Waals surface area contributed by atoms with Crippen molar-refractivity contribution in [2.24, 2.45) is 5.92 Å². The third-order valence-electron chi connectivity index (χ3n) is 7.19. The minimum absolute atomic E-state index is 0.0772. The van der Waals surface area contributed by atoms with Gasteiger partial charge in [-0.1, -0.05) is 42.8 Å². The van der Waals surface area contributed by atoms with Gasteiger partial charge in [-0.25, -0.2) is 0 Å². The molecular formula is C25H34N2O2.